The number of alkyl halides is 3. The van der Waals surface area contributed by atoms with E-state index in [1.807, 2.05) is 20.8 Å². The van der Waals surface area contributed by atoms with Crippen LogP contribution in [0.3, 0.4) is 0 Å². The highest BCUT2D eigenvalue weighted by Crippen LogP contribution is 2.28. The Morgan fingerprint density at radius 2 is 2.00 bits per heavy atom. The highest BCUT2D eigenvalue weighted by Gasteiger charge is 2.33. The lowest BCUT2D eigenvalue weighted by Gasteiger charge is -2.14. The van der Waals surface area contributed by atoms with Gasteiger partial charge >= 0.3 is 6.18 Å². The number of nitrogens with zero attached hydrogens (tertiary/aromatic N) is 2. The topological polar surface area (TPSA) is 29.9 Å². The normalized spacial score (nSPS) is 14.3. The van der Waals surface area contributed by atoms with E-state index in [9.17, 15) is 13.2 Å². The third kappa shape index (κ3) is 4.38. The second kappa shape index (κ2) is 5.53. The Bertz CT molecular complexity index is 344. The van der Waals surface area contributed by atoms with E-state index in [0.29, 0.717) is 6.04 Å². The molecule has 17 heavy (non-hydrogen) atoms. The quantitative estimate of drug-likeness (QED) is 0.869. The Morgan fingerprint density at radius 3 is 2.47 bits per heavy atom. The van der Waals surface area contributed by atoms with Gasteiger partial charge in [-0.05, 0) is 26.0 Å². The molecular weight excluding hydrogens is 231 g/mol. The summed E-state index contributed by atoms with van der Waals surface area (Å²) in [5.41, 5.74) is -0.832. The SMILES string of the molecule is CC(C)NCCC(C)n1ccc(C(F)(F)F)n1. The monoisotopic (exact) mass is 249 g/mol. The zero-order valence-electron chi connectivity index (χ0n) is 10.3. The Kier molecular flexibility index (Phi) is 4.56. The van der Waals surface area contributed by atoms with Gasteiger partial charge < -0.3 is 5.32 Å². The third-order valence-electron chi connectivity index (χ3n) is 2.47. The molecule has 0 aromatic carbocycles. The van der Waals surface area contributed by atoms with Crippen LogP contribution in [0.4, 0.5) is 13.2 Å². The molecule has 1 heterocycles. The minimum absolute atomic E-state index is 0.0441. The summed E-state index contributed by atoms with van der Waals surface area (Å²) in [4.78, 5) is 0. The summed E-state index contributed by atoms with van der Waals surface area (Å²) in [5, 5.41) is 6.76. The van der Waals surface area contributed by atoms with Gasteiger partial charge in [0, 0.05) is 12.2 Å². The zero-order valence-corrected chi connectivity index (χ0v) is 10.3. The standard InChI is InChI=1S/C11H18F3N3/c1-8(2)15-6-4-9(3)17-7-5-10(16-17)11(12,13)14/h5,7-9,15H,4,6H2,1-3H3. The fraction of sp³-hybridized carbons (Fsp3) is 0.727. The van der Waals surface area contributed by atoms with Crippen LogP contribution in [0.5, 0.6) is 0 Å². The summed E-state index contributed by atoms with van der Waals surface area (Å²) in [6.45, 7) is 6.68. The fourth-order valence-corrected chi connectivity index (χ4v) is 1.45. The Morgan fingerprint density at radius 1 is 1.35 bits per heavy atom. The molecule has 6 heteroatoms. The van der Waals surface area contributed by atoms with Crippen LogP contribution in [0.25, 0.3) is 0 Å². The largest absolute Gasteiger partial charge is 0.435 e. The van der Waals surface area contributed by atoms with E-state index >= 15 is 0 Å². The van der Waals surface area contributed by atoms with Crippen molar-refractivity contribution in [1.29, 1.82) is 0 Å². The van der Waals surface area contributed by atoms with Crippen LogP contribution >= 0.6 is 0 Å². The molecule has 0 bridgehead atoms. The molecule has 1 aromatic heterocycles. The van der Waals surface area contributed by atoms with Gasteiger partial charge in [-0.1, -0.05) is 13.8 Å². The molecular formula is C11H18F3N3. The van der Waals surface area contributed by atoms with Gasteiger partial charge in [0.2, 0.25) is 0 Å². The lowest BCUT2D eigenvalue weighted by atomic mass is 10.2. The van der Waals surface area contributed by atoms with Crippen molar-refractivity contribution >= 4 is 0 Å². The minimum atomic E-state index is -4.36. The molecule has 0 aliphatic carbocycles. The Labute approximate surface area is 99.0 Å². The predicted molar refractivity (Wildman–Crippen MR) is 59.7 cm³/mol. The summed E-state index contributed by atoms with van der Waals surface area (Å²) in [6, 6.07) is 1.34. The van der Waals surface area contributed by atoms with Crippen molar-refractivity contribution in [3.05, 3.63) is 18.0 Å². The first-order valence-corrected chi connectivity index (χ1v) is 5.66. The molecule has 1 aromatic rings. The van der Waals surface area contributed by atoms with Crippen LogP contribution in [0, 0.1) is 0 Å². The van der Waals surface area contributed by atoms with Crippen LogP contribution in [0.15, 0.2) is 12.3 Å². The maximum absolute atomic E-state index is 12.3. The third-order valence-corrected chi connectivity index (χ3v) is 2.47. The second-order valence-corrected chi connectivity index (χ2v) is 4.43. The molecule has 0 fully saturated rings. The molecule has 1 unspecified atom stereocenters. The van der Waals surface area contributed by atoms with Crippen molar-refractivity contribution in [1.82, 2.24) is 15.1 Å². The molecule has 1 atom stereocenters. The second-order valence-electron chi connectivity index (χ2n) is 4.43. The van der Waals surface area contributed by atoms with E-state index in [0.717, 1.165) is 19.0 Å². The number of rotatable bonds is 5. The molecule has 1 N–H and O–H groups in total. The molecule has 0 amide bonds. The summed E-state index contributed by atoms with van der Waals surface area (Å²) in [5.74, 6) is 0. The molecule has 0 saturated carbocycles. The summed E-state index contributed by atoms with van der Waals surface area (Å²) >= 11 is 0. The molecule has 0 aliphatic heterocycles. The van der Waals surface area contributed by atoms with Gasteiger partial charge in [-0.2, -0.15) is 18.3 Å². The lowest BCUT2D eigenvalue weighted by molar-refractivity contribution is -0.141. The first kappa shape index (κ1) is 14.0. The number of aromatic nitrogens is 2. The van der Waals surface area contributed by atoms with Crippen LogP contribution in [-0.4, -0.2) is 22.4 Å². The molecule has 0 radical (unpaired) electrons. The molecule has 1 rings (SSSR count). The van der Waals surface area contributed by atoms with Gasteiger partial charge in [-0.25, -0.2) is 0 Å². The first-order valence-electron chi connectivity index (χ1n) is 5.66. The van der Waals surface area contributed by atoms with E-state index in [2.05, 4.69) is 10.4 Å². The van der Waals surface area contributed by atoms with E-state index in [4.69, 9.17) is 0 Å². The molecule has 98 valence electrons. The van der Waals surface area contributed by atoms with Gasteiger partial charge in [0.1, 0.15) is 0 Å². The van der Waals surface area contributed by atoms with Crippen molar-refractivity contribution in [2.24, 2.45) is 0 Å². The van der Waals surface area contributed by atoms with Gasteiger partial charge in [0.15, 0.2) is 5.69 Å². The van der Waals surface area contributed by atoms with Gasteiger partial charge in [-0.15, -0.1) is 0 Å². The van der Waals surface area contributed by atoms with Crippen LogP contribution in [-0.2, 0) is 6.18 Å². The molecule has 0 spiro atoms. The summed E-state index contributed by atoms with van der Waals surface area (Å²) in [6.07, 6.45) is -2.23. The van der Waals surface area contributed by atoms with Crippen molar-refractivity contribution in [2.45, 2.75) is 45.5 Å². The highest BCUT2D eigenvalue weighted by atomic mass is 19.4. The summed E-state index contributed by atoms with van der Waals surface area (Å²) < 4.78 is 38.4. The number of hydrogen-bond acceptors (Lipinski definition) is 2. The van der Waals surface area contributed by atoms with Gasteiger partial charge in [-0.3, -0.25) is 4.68 Å². The number of halogens is 3. The van der Waals surface area contributed by atoms with Crippen molar-refractivity contribution in [2.75, 3.05) is 6.54 Å². The van der Waals surface area contributed by atoms with Gasteiger partial charge in [0.25, 0.3) is 0 Å². The molecule has 0 saturated heterocycles. The summed E-state index contributed by atoms with van der Waals surface area (Å²) in [7, 11) is 0. The molecule has 3 nitrogen and oxygen atoms in total. The Hall–Kier alpha value is -1.04. The van der Waals surface area contributed by atoms with Crippen LogP contribution in [0.1, 0.15) is 38.9 Å². The lowest BCUT2D eigenvalue weighted by Crippen LogP contribution is -2.25. The van der Waals surface area contributed by atoms with Crippen LogP contribution in [0.2, 0.25) is 0 Å². The van der Waals surface area contributed by atoms with Crippen molar-refractivity contribution in [3.63, 3.8) is 0 Å². The van der Waals surface area contributed by atoms with Gasteiger partial charge in [0.05, 0.1) is 6.04 Å². The fourth-order valence-electron chi connectivity index (χ4n) is 1.45. The van der Waals surface area contributed by atoms with E-state index in [1.54, 1.807) is 0 Å². The predicted octanol–water partition coefficient (Wildman–Crippen LogP) is 2.85. The minimum Gasteiger partial charge on any atom is -0.314 e. The highest BCUT2D eigenvalue weighted by molar-refractivity contribution is 5.03. The maximum Gasteiger partial charge on any atom is 0.435 e. The number of nitrogens with one attached hydrogen (secondary N) is 1. The van der Waals surface area contributed by atoms with Crippen LogP contribution < -0.4 is 5.32 Å². The van der Waals surface area contributed by atoms with Crippen molar-refractivity contribution < 1.29 is 13.2 Å². The maximum atomic E-state index is 12.3. The molecule has 0 aliphatic rings. The van der Waals surface area contributed by atoms with E-state index in [1.165, 1.54) is 10.9 Å². The van der Waals surface area contributed by atoms with E-state index in [-0.39, 0.29) is 6.04 Å². The van der Waals surface area contributed by atoms with Crippen molar-refractivity contribution in [3.8, 4) is 0 Å². The van der Waals surface area contributed by atoms with E-state index < -0.39 is 11.9 Å². The Balaban J connectivity index is 2.52. The average Bonchev–Trinajstić information content (AvgIpc) is 2.64. The average molecular weight is 249 g/mol. The first-order chi connectivity index (χ1) is 7.80. The number of hydrogen-bond donors (Lipinski definition) is 1. The zero-order chi connectivity index (χ0) is 13.1. The smallest absolute Gasteiger partial charge is 0.314 e.